The van der Waals surface area contributed by atoms with Gasteiger partial charge in [0.05, 0.1) is 16.7 Å². The molecule has 0 aliphatic heterocycles. The van der Waals surface area contributed by atoms with Gasteiger partial charge in [-0.15, -0.1) is 11.6 Å². The molecule has 88 valence electrons. The number of halogens is 1. The van der Waals surface area contributed by atoms with Gasteiger partial charge in [-0.05, 0) is 19.1 Å². The van der Waals surface area contributed by atoms with Crippen molar-refractivity contribution in [2.45, 2.75) is 24.2 Å². The zero-order valence-corrected chi connectivity index (χ0v) is 10.7. The van der Waals surface area contributed by atoms with Crippen molar-refractivity contribution < 1.29 is 13.7 Å². The highest BCUT2D eigenvalue weighted by Crippen LogP contribution is 2.14. The van der Waals surface area contributed by atoms with Gasteiger partial charge in [-0.3, -0.25) is 9.00 Å². The summed E-state index contributed by atoms with van der Waals surface area (Å²) < 4.78 is 16.8. The maximum absolute atomic E-state index is 12.0. The van der Waals surface area contributed by atoms with E-state index in [-0.39, 0.29) is 5.88 Å². The van der Waals surface area contributed by atoms with Gasteiger partial charge < -0.3 is 4.74 Å². The third-order valence-corrected chi connectivity index (χ3v) is 3.86. The molecule has 0 bridgehead atoms. The lowest BCUT2D eigenvalue weighted by molar-refractivity contribution is -0.141. The molecular formula is C11H13ClO3S. The minimum absolute atomic E-state index is 0.0140. The highest BCUT2D eigenvalue weighted by molar-refractivity contribution is 7.85. The second-order valence-corrected chi connectivity index (χ2v) is 5.20. The summed E-state index contributed by atoms with van der Waals surface area (Å²) in [5.41, 5.74) is 0.289. The summed E-state index contributed by atoms with van der Waals surface area (Å²) in [5.74, 6) is -0.466. The SMILES string of the molecule is CC(=O)O[C@@H](CCl)S(=O)c1ccc(C)cc1. The number of benzene rings is 1. The van der Waals surface area contributed by atoms with Gasteiger partial charge in [-0.2, -0.15) is 0 Å². The minimum atomic E-state index is -1.43. The summed E-state index contributed by atoms with van der Waals surface area (Å²) in [4.78, 5) is 11.4. The lowest BCUT2D eigenvalue weighted by Crippen LogP contribution is -2.23. The van der Waals surface area contributed by atoms with E-state index in [4.69, 9.17) is 16.3 Å². The molecule has 0 N–H and O–H groups in total. The molecule has 16 heavy (non-hydrogen) atoms. The van der Waals surface area contributed by atoms with E-state index >= 15 is 0 Å². The summed E-state index contributed by atoms with van der Waals surface area (Å²) in [6.07, 6.45) is 0. The fraction of sp³-hybridized carbons (Fsp3) is 0.364. The van der Waals surface area contributed by atoms with Crippen LogP contribution in [0.1, 0.15) is 12.5 Å². The van der Waals surface area contributed by atoms with Crippen LogP contribution in [0.5, 0.6) is 0 Å². The topological polar surface area (TPSA) is 43.4 Å². The first-order chi connectivity index (χ1) is 7.54. The summed E-state index contributed by atoms with van der Waals surface area (Å²) in [6, 6.07) is 7.20. The predicted molar refractivity (Wildman–Crippen MR) is 63.9 cm³/mol. The van der Waals surface area contributed by atoms with Crippen molar-refractivity contribution in [3.8, 4) is 0 Å². The Hall–Kier alpha value is -0.870. The smallest absolute Gasteiger partial charge is 0.303 e. The van der Waals surface area contributed by atoms with Gasteiger partial charge in [0.1, 0.15) is 0 Å². The van der Waals surface area contributed by atoms with Crippen LogP contribution >= 0.6 is 11.6 Å². The molecule has 5 heteroatoms. The van der Waals surface area contributed by atoms with E-state index < -0.39 is 22.2 Å². The van der Waals surface area contributed by atoms with Crippen molar-refractivity contribution >= 4 is 28.4 Å². The number of alkyl halides is 1. The van der Waals surface area contributed by atoms with Crippen molar-refractivity contribution in [1.29, 1.82) is 0 Å². The number of carbonyl (C=O) groups is 1. The molecule has 0 aliphatic rings. The third kappa shape index (κ3) is 3.61. The van der Waals surface area contributed by atoms with E-state index in [1.807, 2.05) is 19.1 Å². The Morgan fingerprint density at radius 2 is 2.00 bits per heavy atom. The molecule has 0 aliphatic carbocycles. The van der Waals surface area contributed by atoms with Crippen LogP contribution in [-0.4, -0.2) is 21.5 Å². The van der Waals surface area contributed by atoms with Crippen molar-refractivity contribution in [3.63, 3.8) is 0 Å². The van der Waals surface area contributed by atoms with E-state index in [1.165, 1.54) is 6.92 Å². The van der Waals surface area contributed by atoms with Crippen LogP contribution in [0.15, 0.2) is 29.2 Å². The van der Waals surface area contributed by atoms with E-state index in [0.29, 0.717) is 4.90 Å². The van der Waals surface area contributed by atoms with Crippen LogP contribution in [0, 0.1) is 6.92 Å². The van der Waals surface area contributed by atoms with Crippen LogP contribution in [0.25, 0.3) is 0 Å². The van der Waals surface area contributed by atoms with Crippen LogP contribution in [0.2, 0.25) is 0 Å². The molecule has 0 radical (unpaired) electrons. The van der Waals surface area contributed by atoms with E-state index in [9.17, 15) is 9.00 Å². The second-order valence-electron chi connectivity index (χ2n) is 3.30. The highest BCUT2D eigenvalue weighted by atomic mass is 35.5. The van der Waals surface area contributed by atoms with Gasteiger partial charge in [0.25, 0.3) is 0 Å². The fourth-order valence-electron chi connectivity index (χ4n) is 1.14. The number of ether oxygens (including phenoxy) is 1. The molecule has 2 atom stereocenters. The second kappa shape index (κ2) is 6.01. The lowest BCUT2D eigenvalue weighted by Gasteiger charge is -2.13. The first kappa shape index (κ1) is 13.2. The molecule has 0 spiro atoms. The van der Waals surface area contributed by atoms with E-state index in [0.717, 1.165) is 5.56 Å². The molecule has 1 aromatic rings. The molecular weight excluding hydrogens is 248 g/mol. The number of carbonyl (C=O) groups excluding carboxylic acids is 1. The summed E-state index contributed by atoms with van der Waals surface area (Å²) in [7, 11) is -1.43. The molecule has 3 nitrogen and oxygen atoms in total. The Kier molecular flexibility index (Phi) is 4.96. The molecule has 0 saturated carbocycles. The number of aryl methyl sites for hydroxylation is 1. The van der Waals surface area contributed by atoms with Crippen molar-refractivity contribution in [2.24, 2.45) is 0 Å². The average molecular weight is 261 g/mol. The number of hydrogen-bond acceptors (Lipinski definition) is 3. The quantitative estimate of drug-likeness (QED) is 0.616. The Morgan fingerprint density at radius 3 is 2.44 bits per heavy atom. The van der Waals surface area contributed by atoms with Gasteiger partial charge in [-0.1, -0.05) is 17.7 Å². The monoisotopic (exact) mass is 260 g/mol. The Bertz CT molecular complexity index is 389. The van der Waals surface area contributed by atoms with Crippen molar-refractivity contribution in [2.75, 3.05) is 5.88 Å². The number of rotatable bonds is 4. The number of esters is 1. The van der Waals surface area contributed by atoms with E-state index in [1.54, 1.807) is 12.1 Å². The normalized spacial score (nSPS) is 14.2. The Labute approximate surface area is 102 Å². The van der Waals surface area contributed by atoms with Crippen molar-refractivity contribution in [1.82, 2.24) is 0 Å². The van der Waals surface area contributed by atoms with Crippen LogP contribution in [0.3, 0.4) is 0 Å². The molecule has 0 saturated heterocycles. The molecule has 0 aromatic heterocycles. The van der Waals surface area contributed by atoms with Gasteiger partial charge in [0.15, 0.2) is 5.44 Å². The maximum Gasteiger partial charge on any atom is 0.303 e. The first-order valence-electron chi connectivity index (χ1n) is 4.75. The van der Waals surface area contributed by atoms with Gasteiger partial charge >= 0.3 is 5.97 Å². The molecule has 0 heterocycles. The Balaban J connectivity index is 2.82. The van der Waals surface area contributed by atoms with Gasteiger partial charge in [-0.25, -0.2) is 0 Å². The molecule has 1 aromatic carbocycles. The standard InChI is InChI=1S/C11H13ClO3S/c1-8-3-5-10(6-4-8)16(14)11(7-12)15-9(2)13/h3-6,11H,7H2,1-2H3/t11-,16?/m1/s1. The summed E-state index contributed by atoms with van der Waals surface area (Å²) >= 11 is 5.62. The summed E-state index contributed by atoms with van der Waals surface area (Å²) in [6.45, 7) is 3.21. The Morgan fingerprint density at radius 1 is 1.44 bits per heavy atom. The average Bonchev–Trinajstić information content (AvgIpc) is 2.25. The van der Waals surface area contributed by atoms with Gasteiger partial charge in [0, 0.05) is 11.8 Å². The number of hydrogen-bond donors (Lipinski definition) is 0. The maximum atomic E-state index is 12.0. The first-order valence-corrected chi connectivity index (χ1v) is 6.49. The lowest BCUT2D eigenvalue weighted by atomic mass is 10.2. The molecule has 0 fully saturated rings. The largest absolute Gasteiger partial charge is 0.447 e. The van der Waals surface area contributed by atoms with Crippen molar-refractivity contribution in [3.05, 3.63) is 29.8 Å². The summed E-state index contributed by atoms with van der Waals surface area (Å²) in [5, 5.41) is 0. The molecule has 1 rings (SSSR count). The van der Waals surface area contributed by atoms with Crippen LogP contribution in [-0.2, 0) is 20.3 Å². The minimum Gasteiger partial charge on any atom is -0.447 e. The van der Waals surface area contributed by atoms with Gasteiger partial charge in [0.2, 0.25) is 0 Å². The van der Waals surface area contributed by atoms with Crippen LogP contribution < -0.4 is 0 Å². The van der Waals surface area contributed by atoms with E-state index in [2.05, 4.69) is 0 Å². The van der Waals surface area contributed by atoms with Crippen LogP contribution in [0.4, 0.5) is 0 Å². The zero-order valence-electron chi connectivity index (χ0n) is 9.10. The predicted octanol–water partition coefficient (Wildman–Crippen LogP) is 2.23. The highest BCUT2D eigenvalue weighted by Gasteiger charge is 2.20. The zero-order chi connectivity index (χ0) is 12.1. The molecule has 1 unspecified atom stereocenters. The molecule has 0 amide bonds. The fourth-order valence-corrected chi connectivity index (χ4v) is 2.59. The third-order valence-electron chi connectivity index (χ3n) is 1.92.